The van der Waals surface area contributed by atoms with Gasteiger partial charge in [0.15, 0.2) is 0 Å². The summed E-state index contributed by atoms with van der Waals surface area (Å²) < 4.78 is 5.09. The van der Waals surface area contributed by atoms with Gasteiger partial charge in [-0.2, -0.15) is 0 Å². The fourth-order valence-corrected chi connectivity index (χ4v) is 6.86. The van der Waals surface area contributed by atoms with E-state index in [9.17, 15) is 0 Å². The topological polar surface area (TPSA) is 4.93 Å². The smallest absolute Gasteiger partial charge is 0.0555 e. The Hall–Kier alpha value is -4.40. The SMILES string of the molecule is c1ccc(-c2ccc3c(c2)c2cc4c(cc2n3-c2ccccc2)sc2ccc3ccccc3c24)cc1. The zero-order chi connectivity index (χ0) is 23.6. The van der Waals surface area contributed by atoms with Crippen LogP contribution in [0.15, 0.2) is 127 Å². The number of hydrogen-bond acceptors (Lipinski definition) is 1. The molecular weight excluding hydrogens is 454 g/mol. The predicted molar refractivity (Wildman–Crippen MR) is 157 cm³/mol. The maximum atomic E-state index is 2.44. The van der Waals surface area contributed by atoms with E-state index in [1.807, 2.05) is 11.3 Å². The standard InChI is InChI=1S/C34H21NS/c1-3-9-22(10-4-1)24-15-17-30-27(19-24)28-20-29-33(21-31(28)35(30)25-12-5-2-6-13-25)36-32-18-16-23-11-7-8-14-26(23)34(29)32/h1-21H. The first-order valence-corrected chi connectivity index (χ1v) is 13.1. The van der Waals surface area contributed by atoms with Crippen LogP contribution < -0.4 is 0 Å². The number of thiophene rings is 1. The summed E-state index contributed by atoms with van der Waals surface area (Å²) in [6.45, 7) is 0. The van der Waals surface area contributed by atoms with Crippen LogP contribution in [0, 0.1) is 0 Å². The Balaban J connectivity index is 1.54. The highest BCUT2D eigenvalue weighted by atomic mass is 32.1. The molecule has 0 bridgehead atoms. The highest BCUT2D eigenvalue weighted by Crippen LogP contribution is 2.43. The van der Waals surface area contributed by atoms with Gasteiger partial charge in [-0.05, 0) is 64.4 Å². The molecule has 0 aliphatic heterocycles. The van der Waals surface area contributed by atoms with Gasteiger partial charge >= 0.3 is 0 Å². The van der Waals surface area contributed by atoms with E-state index in [-0.39, 0.29) is 0 Å². The number of fused-ring (bicyclic) bond motifs is 8. The van der Waals surface area contributed by atoms with Crippen molar-refractivity contribution in [2.75, 3.05) is 0 Å². The van der Waals surface area contributed by atoms with Gasteiger partial charge in [0.05, 0.1) is 11.0 Å². The van der Waals surface area contributed by atoms with Gasteiger partial charge < -0.3 is 4.57 Å². The Morgan fingerprint density at radius 3 is 2.06 bits per heavy atom. The maximum Gasteiger partial charge on any atom is 0.0555 e. The molecule has 1 nitrogen and oxygen atoms in total. The Kier molecular flexibility index (Phi) is 4.16. The van der Waals surface area contributed by atoms with Crippen LogP contribution in [0.3, 0.4) is 0 Å². The van der Waals surface area contributed by atoms with Crippen LogP contribution >= 0.6 is 11.3 Å². The lowest BCUT2D eigenvalue weighted by molar-refractivity contribution is 1.18. The van der Waals surface area contributed by atoms with Crippen LogP contribution in [0.1, 0.15) is 0 Å². The van der Waals surface area contributed by atoms with Crippen LogP contribution in [0.5, 0.6) is 0 Å². The van der Waals surface area contributed by atoms with Crippen LogP contribution in [-0.4, -0.2) is 4.57 Å². The van der Waals surface area contributed by atoms with Crippen LogP contribution in [0.4, 0.5) is 0 Å². The van der Waals surface area contributed by atoms with E-state index < -0.39 is 0 Å². The second-order valence-corrected chi connectivity index (χ2v) is 10.5. The molecule has 0 unspecified atom stereocenters. The average molecular weight is 476 g/mol. The van der Waals surface area contributed by atoms with Crippen LogP contribution in [-0.2, 0) is 0 Å². The quantitative estimate of drug-likeness (QED) is 0.234. The van der Waals surface area contributed by atoms with Gasteiger partial charge in [-0.3, -0.25) is 0 Å². The first kappa shape index (κ1) is 19.9. The minimum absolute atomic E-state index is 1.19. The van der Waals surface area contributed by atoms with Crippen molar-refractivity contribution in [2.45, 2.75) is 0 Å². The highest BCUT2D eigenvalue weighted by molar-refractivity contribution is 7.26. The molecule has 0 aliphatic carbocycles. The molecule has 2 aromatic heterocycles. The Labute approximate surface area is 212 Å². The van der Waals surface area contributed by atoms with Crippen molar-refractivity contribution in [1.29, 1.82) is 0 Å². The molecule has 8 aromatic rings. The van der Waals surface area contributed by atoms with Gasteiger partial charge in [-0.1, -0.05) is 84.9 Å². The number of hydrogen-bond donors (Lipinski definition) is 0. The first-order valence-electron chi connectivity index (χ1n) is 12.3. The third-order valence-corrected chi connectivity index (χ3v) is 8.49. The summed E-state index contributed by atoms with van der Waals surface area (Å²) in [6, 6.07) is 46.4. The fourth-order valence-electron chi connectivity index (χ4n) is 5.72. The molecule has 8 rings (SSSR count). The van der Waals surface area contributed by atoms with E-state index in [1.54, 1.807) is 0 Å². The predicted octanol–water partition coefficient (Wildman–Crippen LogP) is 9.97. The van der Waals surface area contributed by atoms with Crippen LogP contribution in [0.25, 0.3) is 69.6 Å². The highest BCUT2D eigenvalue weighted by Gasteiger charge is 2.17. The summed E-state index contributed by atoms with van der Waals surface area (Å²) in [5.41, 5.74) is 6.17. The molecule has 0 atom stereocenters. The summed E-state index contributed by atoms with van der Waals surface area (Å²) in [4.78, 5) is 0. The zero-order valence-electron chi connectivity index (χ0n) is 19.5. The molecule has 6 aromatic carbocycles. The summed E-state index contributed by atoms with van der Waals surface area (Å²) in [5.74, 6) is 0. The van der Waals surface area contributed by atoms with Gasteiger partial charge in [0.1, 0.15) is 0 Å². The number of rotatable bonds is 2. The van der Waals surface area contributed by atoms with Crippen molar-refractivity contribution in [3.63, 3.8) is 0 Å². The minimum Gasteiger partial charge on any atom is -0.309 e. The molecule has 36 heavy (non-hydrogen) atoms. The molecule has 0 spiro atoms. The van der Waals surface area contributed by atoms with Gasteiger partial charge in [-0.15, -0.1) is 11.3 Å². The van der Waals surface area contributed by atoms with Crippen molar-refractivity contribution >= 4 is 64.1 Å². The van der Waals surface area contributed by atoms with E-state index in [4.69, 9.17) is 0 Å². The third kappa shape index (κ3) is 2.82. The Bertz CT molecular complexity index is 2080. The summed E-state index contributed by atoms with van der Waals surface area (Å²) in [5, 5.41) is 7.93. The van der Waals surface area contributed by atoms with Gasteiger partial charge in [0.2, 0.25) is 0 Å². The maximum absolute atomic E-state index is 2.44. The van der Waals surface area contributed by atoms with Gasteiger partial charge in [0, 0.05) is 36.6 Å². The fraction of sp³-hybridized carbons (Fsp3) is 0. The Morgan fingerprint density at radius 2 is 1.19 bits per heavy atom. The van der Waals surface area contributed by atoms with E-state index in [1.165, 1.54) is 69.6 Å². The lowest BCUT2D eigenvalue weighted by Crippen LogP contribution is -1.92. The molecule has 0 amide bonds. The van der Waals surface area contributed by atoms with E-state index in [0.717, 1.165) is 0 Å². The number of aromatic nitrogens is 1. The van der Waals surface area contributed by atoms with Gasteiger partial charge in [0.25, 0.3) is 0 Å². The Morgan fingerprint density at radius 1 is 0.444 bits per heavy atom. The van der Waals surface area contributed by atoms with Gasteiger partial charge in [-0.25, -0.2) is 0 Å². The monoisotopic (exact) mass is 475 g/mol. The molecule has 0 radical (unpaired) electrons. The number of para-hydroxylation sites is 1. The van der Waals surface area contributed by atoms with Crippen molar-refractivity contribution in [2.24, 2.45) is 0 Å². The molecule has 2 heteroatoms. The van der Waals surface area contributed by atoms with E-state index >= 15 is 0 Å². The number of benzene rings is 6. The average Bonchev–Trinajstić information content (AvgIpc) is 3.47. The molecule has 2 heterocycles. The van der Waals surface area contributed by atoms with E-state index in [0.29, 0.717) is 0 Å². The summed E-state index contributed by atoms with van der Waals surface area (Å²) in [7, 11) is 0. The molecular formula is C34H21NS. The van der Waals surface area contributed by atoms with Crippen LogP contribution in [0.2, 0.25) is 0 Å². The molecule has 0 saturated heterocycles. The third-order valence-electron chi connectivity index (χ3n) is 7.37. The first-order chi connectivity index (χ1) is 17.8. The van der Waals surface area contributed by atoms with Crippen molar-refractivity contribution in [1.82, 2.24) is 4.57 Å². The summed E-state index contributed by atoms with van der Waals surface area (Å²) >= 11 is 1.89. The van der Waals surface area contributed by atoms with Crippen molar-refractivity contribution in [3.8, 4) is 16.8 Å². The molecule has 0 N–H and O–H groups in total. The summed E-state index contributed by atoms with van der Waals surface area (Å²) in [6.07, 6.45) is 0. The molecule has 0 aliphatic rings. The van der Waals surface area contributed by atoms with Crippen molar-refractivity contribution in [3.05, 3.63) is 127 Å². The molecule has 168 valence electrons. The van der Waals surface area contributed by atoms with E-state index in [2.05, 4.69) is 132 Å². The zero-order valence-corrected chi connectivity index (χ0v) is 20.3. The minimum atomic E-state index is 1.19. The normalized spacial score (nSPS) is 11.9. The molecule has 0 saturated carbocycles. The number of nitrogens with zero attached hydrogens (tertiary/aromatic N) is 1. The van der Waals surface area contributed by atoms with Crippen molar-refractivity contribution < 1.29 is 0 Å². The lowest BCUT2D eigenvalue weighted by atomic mass is 10.0. The lowest BCUT2D eigenvalue weighted by Gasteiger charge is -2.08. The largest absolute Gasteiger partial charge is 0.309 e. The second-order valence-electron chi connectivity index (χ2n) is 9.40. The molecule has 0 fully saturated rings. The second kappa shape index (κ2) is 7.55.